The van der Waals surface area contributed by atoms with E-state index >= 15 is 0 Å². The predicted molar refractivity (Wildman–Crippen MR) is 121 cm³/mol. The van der Waals surface area contributed by atoms with E-state index in [9.17, 15) is 24.1 Å². The Labute approximate surface area is 194 Å². The van der Waals surface area contributed by atoms with Gasteiger partial charge in [-0.25, -0.2) is 14.4 Å². The molecule has 2 aliphatic rings. The average molecular weight is 461 g/mol. The number of nitrogens with zero attached hydrogens (tertiary/aromatic N) is 3. The number of anilines is 2. The van der Waals surface area contributed by atoms with Gasteiger partial charge < -0.3 is 0 Å². The van der Waals surface area contributed by atoms with Gasteiger partial charge in [0.15, 0.2) is 6.10 Å². The monoisotopic (exact) mass is 461 g/mol. The van der Waals surface area contributed by atoms with E-state index < -0.39 is 40.6 Å². The van der Waals surface area contributed by atoms with Crippen molar-refractivity contribution in [2.45, 2.75) is 25.5 Å². The maximum atomic E-state index is 13.5. The van der Waals surface area contributed by atoms with Gasteiger partial charge in [-0.3, -0.25) is 24.5 Å². The molecule has 2 fully saturated rings. The van der Waals surface area contributed by atoms with E-state index in [0.29, 0.717) is 5.69 Å². The molecule has 2 amide bonds. The molecule has 2 heterocycles. The summed E-state index contributed by atoms with van der Waals surface area (Å²) in [7, 11) is 0. The van der Waals surface area contributed by atoms with Crippen LogP contribution in [0.1, 0.15) is 24.1 Å². The molecule has 9 heteroatoms. The molecule has 2 aliphatic heterocycles. The first-order valence-corrected chi connectivity index (χ1v) is 10.8. The maximum absolute atomic E-state index is 13.5. The van der Waals surface area contributed by atoms with Gasteiger partial charge in [-0.2, -0.15) is 0 Å². The van der Waals surface area contributed by atoms with Crippen LogP contribution in [0.15, 0.2) is 72.8 Å². The van der Waals surface area contributed by atoms with Crippen LogP contribution in [0.25, 0.3) is 0 Å². The van der Waals surface area contributed by atoms with Crippen molar-refractivity contribution in [1.82, 2.24) is 0 Å². The highest BCUT2D eigenvalue weighted by atomic mass is 19.1. The molecule has 0 bridgehead atoms. The van der Waals surface area contributed by atoms with Gasteiger partial charge in [0.25, 0.3) is 11.6 Å². The van der Waals surface area contributed by atoms with E-state index in [1.165, 1.54) is 47.5 Å². The largest absolute Gasteiger partial charge is 0.273 e. The lowest BCUT2D eigenvalue weighted by atomic mass is 9.90. The molecule has 0 aromatic heterocycles. The fourth-order valence-corrected chi connectivity index (χ4v) is 4.52. The maximum Gasteiger partial charge on any atom is 0.271 e. The summed E-state index contributed by atoms with van der Waals surface area (Å²) < 4.78 is 13.4. The van der Waals surface area contributed by atoms with E-state index in [2.05, 4.69) is 0 Å². The molecule has 3 aromatic rings. The molecular formula is C25H20FN3O5. The topological polar surface area (TPSA) is 93.0 Å². The fraction of sp³-hybridized carbons (Fsp3) is 0.200. The zero-order valence-corrected chi connectivity index (χ0v) is 18.1. The Bertz CT molecular complexity index is 1280. The number of imide groups is 1. The third-order valence-corrected chi connectivity index (χ3v) is 6.22. The molecule has 0 spiro atoms. The Morgan fingerprint density at radius 3 is 2.32 bits per heavy atom. The second kappa shape index (κ2) is 8.35. The quantitative estimate of drug-likeness (QED) is 0.319. The number of nitro benzene ring substituents is 1. The van der Waals surface area contributed by atoms with Gasteiger partial charge in [-0.15, -0.1) is 0 Å². The number of hydrogen-bond donors (Lipinski definition) is 0. The molecule has 34 heavy (non-hydrogen) atoms. The number of hydrogen-bond acceptors (Lipinski definition) is 6. The first-order chi connectivity index (χ1) is 16.4. The summed E-state index contributed by atoms with van der Waals surface area (Å²) in [5.74, 6) is -2.40. The first-order valence-electron chi connectivity index (χ1n) is 10.8. The summed E-state index contributed by atoms with van der Waals surface area (Å²) in [6.45, 7) is 2.03. The van der Waals surface area contributed by atoms with Crippen molar-refractivity contribution in [3.63, 3.8) is 0 Å². The zero-order valence-electron chi connectivity index (χ0n) is 18.1. The first kappa shape index (κ1) is 21.7. The summed E-state index contributed by atoms with van der Waals surface area (Å²) in [6, 6.07) is 17.9. The van der Waals surface area contributed by atoms with E-state index in [1.807, 2.05) is 31.2 Å². The highest BCUT2D eigenvalue weighted by molar-refractivity contribution is 6.23. The molecule has 3 atom stereocenters. The van der Waals surface area contributed by atoms with Gasteiger partial charge in [-0.1, -0.05) is 37.3 Å². The van der Waals surface area contributed by atoms with Crippen LogP contribution in [0.2, 0.25) is 0 Å². The van der Waals surface area contributed by atoms with Crippen LogP contribution >= 0.6 is 0 Å². The summed E-state index contributed by atoms with van der Waals surface area (Å²) in [6.07, 6.45) is -0.287. The van der Waals surface area contributed by atoms with Crippen LogP contribution in [0.5, 0.6) is 0 Å². The molecule has 0 radical (unpaired) electrons. The summed E-state index contributed by atoms with van der Waals surface area (Å²) in [4.78, 5) is 44.6. The van der Waals surface area contributed by atoms with Gasteiger partial charge in [0, 0.05) is 12.1 Å². The van der Waals surface area contributed by atoms with Crippen molar-refractivity contribution in [1.29, 1.82) is 0 Å². The third-order valence-electron chi connectivity index (χ3n) is 6.22. The number of amides is 2. The molecule has 8 nitrogen and oxygen atoms in total. The number of non-ortho nitro benzene ring substituents is 1. The lowest BCUT2D eigenvalue weighted by Crippen LogP contribution is -2.37. The highest BCUT2D eigenvalue weighted by Gasteiger charge is 2.60. The molecule has 0 aliphatic carbocycles. The van der Waals surface area contributed by atoms with E-state index in [1.54, 1.807) is 6.07 Å². The Kier molecular flexibility index (Phi) is 5.33. The zero-order chi connectivity index (χ0) is 24.0. The lowest BCUT2D eigenvalue weighted by Gasteiger charge is -2.28. The van der Waals surface area contributed by atoms with Crippen molar-refractivity contribution in [3.05, 3.63) is 99.9 Å². The fourth-order valence-electron chi connectivity index (χ4n) is 4.52. The van der Waals surface area contributed by atoms with Gasteiger partial charge >= 0.3 is 0 Å². The molecular weight excluding hydrogens is 441 g/mol. The smallest absolute Gasteiger partial charge is 0.271 e. The SMILES string of the molecule is CCc1ccc(C2C3C(=O)N(c4ccc(F)cc4)C(=O)C3ON2c2cccc([N+](=O)[O-])c2)cc1. The van der Waals surface area contributed by atoms with E-state index in [0.717, 1.165) is 22.4 Å². The number of carbonyl (C=O) groups is 2. The second-order valence-corrected chi connectivity index (χ2v) is 8.18. The minimum Gasteiger partial charge on any atom is -0.273 e. The average Bonchev–Trinajstić information content (AvgIpc) is 3.36. The van der Waals surface area contributed by atoms with Crippen molar-refractivity contribution in [2.75, 3.05) is 9.96 Å². The Morgan fingerprint density at radius 1 is 0.971 bits per heavy atom. The molecule has 3 unspecified atom stereocenters. The Balaban J connectivity index is 1.58. The van der Waals surface area contributed by atoms with Crippen molar-refractivity contribution >= 4 is 28.9 Å². The van der Waals surface area contributed by atoms with Crippen LogP contribution in [0, 0.1) is 21.8 Å². The Hall–Kier alpha value is -4.11. The van der Waals surface area contributed by atoms with Gasteiger partial charge in [0.2, 0.25) is 5.91 Å². The van der Waals surface area contributed by atoms with Crippen LogP contribution < -0.4 is 9.96 Å². The van der Waals surface area contributed by atoms with Crippen molar-refractivity contribution < 1.29 is 23.7 Å². The second-order valence-electron chi connectivity index (χ2n) is 8.18. The third kappa shape index (κ3) is 3.50. The Morgan fingerprint density at radius 2 is 1.68 bits per heavy atom. The van der Waals surface area contributed by atoms with Gasteiger partial charge in [-0.05, 0) is 47.9 Å². The summed E-state index contributed by atoms with van der Waals surface area (Å²) in [5.41, 5.74) is 2.32. The van der Waals surface area contributed by atoms with E-state index in [4.69, 9.17) is 4.84 Å². The number of benzene rings is 3. The van der Waals surface area contributed by atoms with Crippen LogP contribution in [-0.2, 0) is 20.8 Å². The number of fused-ring (bicyclic) bond motifs is 1. The molecule has 3 aromatic carbocycles. The van der Waals surface area contributed by atoms with Gasteiger partial charge in [0.05, 0.1) is 22.3 Å². The van der Waals surface area contributed by atoms with Crippen molar-refractivity contribution in [2.24, 2.45) is 5.92 Å². The van der Waals surface area contributed by atoms with Crippen LogP contribution in [0.3, 0.4) is 0 Å². The predicted octanol–water partition coefficient (Wildman–Crippen LogP) is 4.35. The number of hydroxylamine groups is 1. The standard InChI is InChI=1S/C25H20FN3O5/c1-2-15-6-8-16(9-7-15)22-21-23(34-28(22)19-4-3-5-20(14-19)29(32)33)25(31)27(24(21)30)18-12-10-17(26)11-13-18/h3-14,21-23H,2H2,1H3. The normalized spacial score (nSPS) is 21.8. The summed E-state index contributed by atoms with van der Waals surface area (Å²) in [5, 5.41) is 12.7. The molecule has 5 rings (SSSR count). The number of halogens is 1. The summed E-state index contributed by atoms with van der Waals surface area (Å²) >= 11 is 0. The van der Waals surface area contributed by atoms with E-state index in [-0.39, 0.29) is 11.4 Å². The lowest BCUT2D eigenvalue weighted by molar-refractivity contribution is -0.384. The highest BCUT2D eigenvalue weighted by Crippen LogP contribution is 2.48. The molecule has 172 valence electrons. The van der Waals surface area contributed by atoms with Crippen molar-refractivity contribution in [3.8, 4) is 0 Å². The number of nitro groups is 1. The minimum absolute atomic E-state index is 0.135. The number of rotatable bonds is 5. The number of carbonyl (C=O) groups excluding carboxylic acids is 2. The number of aryl methyl sites for hydroxylation is 1. The van der Waals surface area contributed by atoms with Crippen LogP contribution in [-0.4, -0.2) is 22.8 Å². The minimum atomic E-state index is -1.12. The van der Waals surface area contributed by atoms with Crippen LogP contribution in [0.4, 0.5) is 21.5 Å². The molecule has 0 saturated carbocycles. The van der Waals surface area contributed by atoms with Gasteiger partial charge in [0.1, 0.15) is 11.7 Å². The molecule has 0 N–H and O–H groups in total. The molecule has 2 saturated heterocycles.